The largest absolute Gasteiger partial charge is 0.392 e. The van der Waals surface area contributed by atoms with Gasteiger partial charge in [-0.05, 0) is 31.0 Å². The lowest BCUT2D eigenvalue weighted by Gasteiger charge is -2.29. The molecule has 0 saturated carbocycles. The van der Waals surface area contributed by atoms with E-state index in [1.807, 2.05) is 4.90 Å². The molecule has 1 aromatic carbocycles. The van der Waals surface area contributed by atoms with Crippen LogP contribution < -0.4 is 0 Å². The van der Waals surface area contributed by atoms with Gasteiger partial charge in [0.25, 0.3) is 5.69 Å². The lowest BCUT2D eigenvalue weighted by Crippen LogP contribution is -2.37. The quantitative estimate of drug-likeness (QED) is 0.658. The zero-order valence-corrected chi connectivity index (χ0v) is 9.88. The van der Waals surface area contributed by atoms with E-state index in [1.165, 1.54) is 12.1 Å². The number of benzene rings is 1. The van der Waals surface area contributed by atoms with Crippen molar-refractivity contribution >= 4 is 5.69 Å². The third-order valence-corrected chi connectivity index (χ3v) is 3.04. The van der Waals surface area contributed by atoms with Gasteiger partial charge in [0.1, 0.15) is 5.82 Å². The van der Waals surface area contributed by atoms with Crippen LogP contribution in [0.5, 0.6) is 0 Å². The van der Waals surface area contributed by atoms with Gasteiger partial charge >= 0.3 is 0 Å². The molecule has 98 valence electrons. The van der Waals surface area contributed by atoms with Gasteiger partial charge in [-0.25, -0.2) is 4.39 Å². The summed E-state index contributed by atoms with van der Waals surface area (Å²) in [5, 5.41) is 20.2. The Hall–Kier alpha value is -1.53. The SMILES string of the molecule is O=[N+]([O-])c1cc(F)cc(CN2CCC[C@H](O)C2)c1. The first-order valence-electron chi connectivity index (χ1n) is 5.89. The Bertz CT molecular complexity index is 453. The van der Waals surface area contributed by atoms with Gasteiger partial charge < -0.3 is 5.11 Å². The fraction of sp³-hybridized carbons (Fsp3) is 0.500. The normalized spacial score (nSPS) is 20.9. The van der Waals surface area contributed by atoms with Crippen molar-refractivity contribution in [3.05, 3.63) is 39.7 Å². The van der Waals surface area contributed by atoms with Crippen molar-refractivity contribution < 1.29 is 14.4 Å². The number of nitro benzene ring substituents is 1. The van der Waals surface area contributed by atoms with E-state index in [0.29, 0.717) is 18.7 Å². The summed E-state index contributed by atoms with van der Waals surface area (Å²) in [5.74, 6) is -0.600. The van der Waals surface area contributed by atoms with Gasteiger partial charge in [0.05, 0.1) is 17.1 Å². The maximum absolute atomic E-state index is 13.2. The van der Waals surface area contributed by atoms with Gasteiger partial charge in [0.15, 0.2) is 0 Å². The Kier molecular flexibility index (Phi) is 3.88. The van der Waals surface area contributed by atoms with Crippen LogP contribution in [0.3, 0.4) is 0 Å². The fourth-order valence-corrected chi connectivity index (χ4v) is 2.26. The van der Waals surface area contributed by atoms with Gasteiger partial charge in [-0.15, -0.1) is 0 Å². The smallest absolute Gasteiger partial charge is 0.272 e. The first kappa shape index (κ1) is 12.9. The molecule has 0 spiro atoms. The number of likely N-dealkylation sites (tertiary alicyclic amines) is 1. The second-order valence-corrected chi connectivity index (χ2v) is 4.61. The highest BCUT2D eigenvalue weighted by Crippen LogP contribution is 2.19. The number of aliphatic hydroxyl groups excluding tert-OH is 1. The maximum atomic E-state index is 13.2. The number of nitro groups is 1. The van der Waals surface area contributed by atoms with Gasteiger partial charge in [0.2, 0.25) is 0 Å². The molecule has 0 unspecified atom stereocenters. The molecule has 5 nitrogen and oxygen atoms in total. The van der Waals surface area contributed by atoms with Crippen LogP contribution in [0.15, 0.2) is 18.2 Å². The van der Waals surface area contributed by atoms with Crippen LogP contribution in [-0.2, 0) is 6.54 Å². The summed E-state index contributed by atoms with van der Waals surface area (Å²) < 4.78 is 13.2. The lowest BCUT2D eigenvalue weighted by atomic mass is 10.1. The van der Waals surface area contributed by atoms with Crippen molar-refractivity contribution in [2.45, 2.75) is 25.5 Å². The van der Waals surface area contributed by atoms with Crippen molar-refractivity contribution in [1.82, 2.24) is 4.90 Å². The van der Waals surface area contributed by atoms with E-state index in [1.54, 1.807) is 0 Å². The first-order chi connectivity index (χ1) is 8.54. The number of nitrogens with zero attached hydrogens (tertiary/aromatic N) is 2. The number of hydrogen-bond donors (Lipinski definition) is 1. The van der Waals surface area contributed by atoms with Crippen LogP contribution in [0.4, 0.5) is 10.1 Å². The van der Waals surface area contributed by atoms with Crippen LogP contribution in [0.25, 0.3) is 0 Å². The molecule has 1 atom stereocenters. The predicted molar refractivity (Wildman–Crippen MR) is 63.6 cm³/mol. The molecule has 18 heavy (non-hydrogen) atoms. The summed E-state index contributed by atoms with van der Waals surface area (Å²) in [6.45, 7) is 1.78. The van der Waals surface area contributed by atoms with E-state index < -0.39 is 10.7 Å². The first-order valence-corrected chi connectivity index (χ1v) is 5.89. The van der Waals surface area contributed by atoms with Crippen LogP contribution >= 0.6 is 0 Å². The number of aliphatic hydroxyl groups is 1. The van der Waals surface area contributed by atoms with Crippen molar-refractivity contribution in [2.75, 3.05) is 13.1 Å². The minimum absolute atomic E-state index is 0.234. The molecular weight excluding hydrogens is 239 g/mol. The highest BCUT2D eigenvalue weighted by Gasteiger charge is 2.19. The lowest BCUT2D eigenvalue weighted by molar-refractivity contribution is -0.385. The molecule has 1 fully saturated rings. The number of hydrogen-bond acceptors (Lipinski definition) is 4. The van der Waals surface area contributed by atoms with Crippen molar-refractivity contribution in [3.8, 4) is 0 Å². The molecule has 2 rings (SSSR count). The molecule has 1 saturated heterocycles. The molecule has 0 bridgehead atoms. The molecule has 0 radical (unpaired) electrons. The Morgan fingerprint density at radius 1 is 1.50 bits per heavy atom. The molecule has 1 aliphatic rings. The van der Waals surface area contributed by atoms with Crippen LogP contribution in [0.2, 0.25) is 0 Å². The summed E-state index contributed by atoms with van der Waals surface area (Å²) >= 11 is 0. The second kappa shape index (κ2) is 5.41. The molecule has 1 N–H and O–H groups in total. The zero-order chi connectivity index (χ0) is 13.1. The zero-order valence-electron chi connectivity index (χ0n) is 9.88. The summed E-state index contributed by atoms with van der Waals surface area (Å²) in [5.41, 5.74) is 0.332. The second-order valence-electron chi connectivity index (χ2n) is 4.61. The Morgan fingerprint density at radius 2 is 2.28 bits per heavy atom. The highest BCUT2D eigenvalue weighted by atomic mass is 19.1. The van der Waals surface area contributed by atoms with E-state index in [4.69, 9.17) is 0 Å². The Labute approximate surface area is 104 Å². The molecule has 6 heteroatoms. The standard InChI is InChI=1S/C12H15FN2O3/c13-10-4-9(5-11(6-10)15(17)18)7-14-3-1-2-12(16)8-14/h4-6,12,16H,1-3,7-8H2/t12-/m0/s1. The molecule has 1 aromatic rings. The average Bonchev–Trinajstić information content (AvgIpc) is 2.28. The van der Waals surface area contributed by atoms with Crippen molar-refractivity contribution in [2.24, 2.45) is 0 Å². The molecule has 0 amide bonds. The minimum atomic E-state index is -0.600. The van der Waals surface area contributed by atoms with Gasteiger partial charge in [-0.3, -0.25) is 15.0 Å². The van der Waals surface area contributed by atoms with Gasteiger partial charge in [-0.2, -0.15) is 0 Å². The summed E-state index contributed by atoms with van der Waals surface area (Å²) in [6, 6.07) is 3.59. The van der Waals surface area contributed by atoms with Crippen LogP contribution in [0.1, 0.15) is 18.4 Å². The van der Waals surface area contributed by atoms with E-state index in [0.717, 1.165) is 25.5 Å². The van der Waals surface area contributed by atoms with Gasteiger partial charge in [-0.1, -0.05) is 0 Å². The van der Waals surface area contributed by atoms with E-state index in [-0.39, 0.29) is 11.8 Å². The number of rotatable bonds is 3. The average molecular weight is 254 g/mol. The number of piperidine rings is 1. The summed E-state index contributed by atoms with van der Waals surface area (Å²) in [4.78, 5) is 12.0. The molecule has 1 heterocycles. The number of β-amino-alcohol motifs (C(OH)–C–C–N with tert-alkyl or cyclic N) is 1. The summed E-state index contributed by atoms with van der Waals surface area (Å²) in [6.07, 6.45) is 1.31. The maximum Gasteiger partial charge on any atom is 0.272 e. The topological polar surface area (TPSA) is 66.6 Å². The van der Waals surface area contributed by atoms with E-state index >= 15 is 0 Å². The molecule has 1 aliphatic heterocycles. The third kappa shape index (κ3) is 3.24. The van der Waals surface area contributed by atoms with Gasteiger partial charge in [0, 0.05) is 19.2 Å². The third-order valence-electron chi connectivity index (χ3n) is 3.04. The predicted octanol–water partition coefficient (Wildman–Crippen LogP) is 1.69. The summed E-state index contributed by atoms with van der Waals surface area (Å²) in [7, 11) is 0. The molecule has 0 aromatic heterocycles. The van der Waals surface area contributed by atoms with Crippen LogP contribution in [-0.4, -0.2) is 34.1 Å². The van der Waals surface area contributed by atoms with Crippen molar-refractivity contribution in [1.29, 1.82) is 0 Å². The number of halogens is 1. The monoisotopic (exact) mass is 254 g/mol. The Morgan fingerprint density at radius 3 is 2.94 bits per heavy atom. The minimum Gasteiger partial charge on any atom is -0.392 e. The number of non-ortho nitro benzene ring substituents is 1. The highest BCUT2D eigenvalue weighted by molar-refractivity contribution is 5.35. The van der Waals surface area contributed by atoms with Crippen molar-refractivity contribution in [3.63, 3.8) is 0 Å². The molecule has 0 aliphatic carbocycles. The molecular formula is C12H15FN2O3. The Balaban J connectivity index is 2.10. The van der Waals surface area contributed by atoms with E-state index in [9.17, 15) is 19.6 Å². The van der Waals surface area contributed by atoms with Crippen LogP contribution in [0, 0.1) is 15.9 Å². The van der Waals surface area contributed by atoms with E-state index in [2.05, 4.69) is 0 Å². The fourth-order valence-electron chi connectivity index (χ4n) is 2.26.